The van der Waals surface area contributed by atoms with E-state index in [1.807, 2.05) is 24.4 Å². The fourth-order valence-electron chi connectivity index (χ4n) is 3.33. The fourth-order valence-corrected chi connectivity index (χ4v) is 3.33. The Balaban J connectivity index is 1.42. The van der Waals surface area contributed by atoms with Crippen molar-refractivity contribution in [1.29, 1.82) is 0 Å². The Kier molecular flexibility index (Phi) is 4.09. The summed E-state index contributed by atoms with van der Waals surface area (Å²) in [4.78, 5) is 16.3. The zero-order valence-electron chi connectivity index (χ0n) is 15.5. The quantitative estimate of drug-likeness (QED) is 0.473. The predicted octanol–water partition coefficient (Wildman–Crippen LogP) is 3.85. The lowest BCUT2D eigenvalue weighted by atomic mass is 10.0. The van der Waals surface area contributed by atoms with Gasteiger partial charge in [0.05, 0.1) is 11.7 Å². The van der Waals surface area contributed by atoms with Gasteiger partial charge in [0.1, 0.15) is 18.5 Å². The van der Waals surface area contributed by atoms with Crippen molar-refractivity contribution in [3.8, 4) is 0 Å². The largest absolute Gasteiger partial charge is 0.340 e. The third-order valence-corrected chi connectivity index (χ3v) is 4.83. The average Bonchev–Trinajstić information content (AvgIpc) is 3.18. The summed E-state index contributed by atoms with van der Waals surface area (Å²) >= 11 is 0. The molecule has 0 saturated carbocycles. The first-order chi connectivity index (χ1) is 14.2. The lowest BCUT2D eigenvalue weighted by Gasteiger charge is -2.12. The monoisotopic (exact) mass is 385 g/mol. The van der Waals surface area contributed by atoms with Crippen LogP contribution >= 0.6 is 0 Å². The molecule has 0 amide bonds. The summed E-state index contributed by atoms with van der Waals surface area (Å²) in [5.41, 5.74) is 5.80. The van der Waals surface area contributed by atoms with Gasteiger partial charge in [-0.2, -0.15) is 9.49 Å². The molecule has 0 fully saturated rings. The molecule has 4 heterocycles. The number of aromatic nitrogens is 6. The van der Waals surface area contributed by atoms with E-state index in [4.69, 9.17) is 0 Å². The highest BCUT2D eigenvalue weighted by atomic mass is 19.1. The summed E-state index contributed by atoms with van der Waals surface area (Å²) in [6.07, 6.45) is 7.09. The van der Waals surface area contributed by atoms with E-state index in [1.54, 1.807) is 10.8 Å². The minimum atomic E-state index is -0.563. The van der Waals surface area contributed by atoms with Gasteiger partial charge in [-0.05, 0) is 54.3 Å². The number of rotatable bonds is 4. The lowest BCUT2D eigenvalue weighted by Crippen LogP contribution is -1.99. The van der Waals surface area contributed by atoms with Crippen molar-refractivity contribution in [3.05, 3.63) is 84.1 Å². The molecular formula is C21H16FN7. The van der Waals surface area contributed by atoms with Crippen molar-refractivity contribution in [2.24, 2.45) is 0 Å². The first kappa shape index (κ1) is 17.2. The van der Waals surface area contributed by atoms with Gasteiger partial charge in [-0.3, -0.25) is 0 Å². The van der Waals surface area contributed by atoms with Gasteiger partial charge < -0.3 is 5.32 Å². The third kappa shape index (κ3) is 3.36. The van der Waals surface area contributed by atoms with Crippen molar-refractivity contribution >= 4 is 28.1 Å². The molecule has 0 aliphatic carbocycles. The van der Waals surface area contributed by atoms with E-state index >= 15 is 0 Å². The van der Waals surface area contributed by atoms with Crippen LogP contribution in [-0.2, 0) is 6.42 Å². The summed E-state index contributed by atoms with van der Waals surface area (Å²) in [5.74, 6) is -0.0211. The van der Waals surface area contributed by atoms with Crippen LogP contribution < -0.4 is 5.32 Å². The van der Waals surface area contributed by atoms with E-state index in [0.29, 0.717) is 16.7 Å². The van der Waals surface area contributed by atoms with Gasteiger partial charge in [-0.1, -0.05) is 6.07 Å². The van der Waals surface area contributed by atoms with E-state index < -0.39 is 5.95 Å². The number of aryl methyl sites for hydroxylation is 1. The van der Waals surface area contributed by atoms with Gasteiger partial charge in [-0.25, -0.2) is 24.5 Å². The van der Waals surface area contributed by atoms with Crippen LogP contribution in [-0.4, -0.2) is 29.5 Å². The molecule has 0 spiro atoms. The van der Waals surface area contributed by atoms with Crippen molar-refractivity contribution in [2.75, 3.05) is 5.32 Å². The third-order valence-electron chi connectivity index (χ3n) is 4.83. The first-order valence-corrected chi connectivity index (χ1v) is 9.07. The van der Waals surface area contributed by atoms with Crippen LogP contribution in [0.4, 0.5) is 15.9 Å². The summed E-state index contributed by atoms with van der Waals surface area (Å²) in [6, 6.07) is 11.5. The van der Waals surface area contributed by atoms with E-state index in [2.05, 4.69) is 49.4 Å². The first-order valence-electron chi connectivity index (χ1n) is 9.07. The molecule has 0 radical (unpaired) electrons. The summed E-state index contributed by atoms with van der Waals surface area (Å²) in [6.45, 7) is 2.07. The number of pyridine rings is 2. The standard InChI is InChI=1S/C21H16FN7/c1-13-6-16(28-21-17-9-19(22)23-10-18(17)24-11-26-21)3-2-15(13)7-14-4-5-29-20(8-14)25-12-27-29/h2-6,8-12H,7H2,1H3,(H,24,26,28). The summed E-state index contributed by atoms with van der Waals surface area (Å²) in [5, 5.41) is 7.97. The second-order valence-corrected chi connectivity index (χ2v) is 6.79. The highest BCUT2D eigenvalue weighted by Gasteiger charge is 2.08. The van der Waals surface area contributed by atoms with Crippen LogP contribution in [0.5, 0.6) is 0 Å². The second kappa shape index (κ2) is 6.90. The molecule has 1 aromatic carbocycles. The Bertz CT molecular complexity index is 1350. The van der Waals surface area contributed by atoms with E-state index in [-0.39, 0.29) is 0 Å². The van der Waals surface area contributed by atoms with Gasteiger partial charge in [-0.15, -0.1) is 0 Å². The van der Waals surface area contributed by atoms with E-state index in [0.717, 1.165) is 23.3 Å². The minimum Gasteiger partial charge on any atom is -0.340 e. The van der Waals surface area contributed by atoms with E-state index in [9.17, 15) is 4.39 Å². The number of nitrogens with zero attached hydrogens (tertiary/aromatic N) is 6. The smallest absolute Gasteiger partial charge is 0.213 e. The molecule has 0 atom stereocenters. The molecule has 1 N–H and O–H groups in total. The number of nitrogens with one attached hydrogen (secondary N) is 1. The molecule has 0 unspecified atom stereocenters. The molecule has 0 aliphatic rings. The minimum absolute atomic E-state index is 0.542. The van der Waals surface area contributed by atoms with Gasteiger partial charge in [0.25, 0.3) is 0 Å². The number of fused-ring (bicyclic) bond motifs is 2. The van der Waals surface area contributed by atoms with Crippen molar-refractivity contribution < 1.29 is 4.39 Å². The topological polar surface area (TPSA) is 80.9 Å². The Morgan fingerprint density at radius 3 is 2.83 bits per heavy atom. The predicted molar refractivity (Wildman–Crippen MR) is 108 cm³/mol. The molecule has 29 heavy (non-hydrogen) atoms. The zero-order valence-corrected chi connectivity index (χ0v) is 15.5. The number of hydrogen-bond donors (Lipinski definition) is 1. The van der Waals surface area contributed by atoms with Crippen LogP contribution in [0.1, 0.15) is 16.7 Å². The molecule has 142 valence electrons. The Morgan fingerprint density at radius 1 is 1.00 bits per heavy atom. The highest BCUT2D eigenvalue weighted by molar-refractivity contribution is 5.89. The summed E-state index contributed by atoms with van der Waals surface area (Å²) < 4.78 is 15.3. The Hall–Kier alpha value is -3.94. The molecule has 8 heteroatoms. The molecule has 7 nitrogen and oxygen atoms in total. The van der Waals surface area contributed by atoms with Crippen LogP contribution in [0.2, 0.25) is 0 Å². The van der Waals surface area contributed by atoms with Gasteiger partial charge in [0, 0.05) is 23.3 Å². The average molecular weight is 385 g/mol. The molecule has 5 aromatic rings. The number of hydrogen-bond acceptors (Lipinski definition) is 6. The van der Waals surface area contributed by atoms with Gasteiger partial charge in [0.2, 0.25) is 5.95 Å². The van der Waals surface area contributed by atoms with Crippen LogP contribution in [0, 0.1) is 12.9 Å². The van der Waals surface area contributed by atoms with Crippen molar-refractivity contribution in [1.82, 2.24) is 29.5 Å². The fraction of sp³-hybridized carbons (Fsp3) is 0.0952. The number of benzene rings is 1. The normalized spacial score (nSPS) is 11.2. The highest BCUT2D eigenvalue weighted by Crippen LogP contribution is 2.25. The molecule has 4 aromatic heterocycles. The number of anilines is 2. The Labute approximate surface area is 165 Å². The second-order valence-electron chi connectivity index (χ2n) is 6.79. The maximum atomic E-state index is 13.6. The molecule has 0 aliphatic heterocycles. The SMILES string of the molecule is Cc1cc(Nc2ncnc3cnc(F)cc23)ccc1Cc1ccn2ncnc2c1. The van der Waals surface area contributed by atoms with Gasteiger partial charge in [0.15, 0.2) is 5.65 Å². The molecule has 0 bridgehead atoms. The van der Waals surface area contributed by atoms with Gasteiger partial charge >= 0.3 is 0 Å². The number of halogens is 1. The lowest BCUT2D eigenvalue weighted by molar-refractivity contribution is 0.586. The molecular weight excluding hydrogens is 369 g/mol. The van der Waals surface area contributed by atoms with Crippen molar-refractivity contribution in [3.63, 3.8) is 0 Å². The molecule has 5 rings (SSSR count). The van der Waals surface area contributed by atoms with E-state index in [1.165, 1.54) is 29.7 Å². The van der Waals surface area contributed by atoms with Crippen LogP contribution in [0.15, 0.2) is 61.4 Å². The zero-order chi connectivity index (χ0) is 19.8. The summed E-state index contributed by atoms with van der Waals surface area (Å²) in [7, 11) is 0. The maximum absolute atomic E-state index is 13.6. The van der Waals surface area contributed by atoms with Crippen molar-refractivity contribution in [2.45, 2.75) is 13.3 Å². The Morgan fingerprint density at radius 2 is 1.93 bits per heavy atom. The maximum Gasteiger partial charge on any atom is 0.213 e. The van der Waals surface area contributed by atoms with Crippen LogP contribution in [0.3, 0.4) is 0 Å². The van der Waals surface area contributed by atoms with Crippen LogP contribution in [0.25, 0.3) is 16.6 Å². The molecule has 0 saturated heterocycles.